The van der Waals surface area contributed by atoms with Gasteiger partial charge < -0.3 is 20.5 Å². The molecule has 0 aromatic heterocycles. The Hall–Kier alpha value is -1.59. The fourth-order valence-electron chi connectivity index (χ4n) is 2.31. The maximum atomic E-state index is 12.5. The third-order valence-corrected chi connectivity index (χ3v) is 3.74. The van der Waals surface area contributed by atoms with Crippen LogP contribution in [0.2, 0.25) is 0 Å². The zero-order valence-electron chi connectivity index (χ0n) is 14.6. The fourth-order valence-corrected chi connectivity index (χ4v) is 2.31. The Balaban J connectivity index is 2.44. The first-order valence-electron chi connectivity index (χ1n) is 8.42. The Kier molecular flexibility index (Phi) is 9.33. The molecule has 23 heavy (non-hydrogen) atoms. The first-order valence-corrected chi connectivity index (χ1v) is 8.42. The zero-order valence-corrected chi connectivity index (χ0v) is 14.6. The maximum Gasteiger partial charge on any atom is 0.179 e. The van der Waals surface area contributed by atoms with Crippen molar-refractivity contribution in [1.82, 2.24) is 5.32 Å². The van der Waals surface area contributed by atoms with Gasteiger partial charge in [-0.1, -0.05) is 20.3 Å². The number of benzene rings is 1. The molecule has 1 unspecified atom stereocenters. The van der Waals surface area contributed by atoms with Gasteiger partial charge in [0, 0.05) is 18.8 Å². The third kappa shape index (κ3) is 6.59. The highest BCUT2D eigenvalue weighted by molar-refractivity contribution is 6.01. The number of Topliss-reactive ketones (excluding diaryl/α,β-unsaturated/α-hetero) is 1. The van der Waals surface area contributed by atoms with Gasteiger partial charge >= 0.3 is 0 Å². The van der Waals surface area contributed by atoms with Gasteiger partial charge in [0.05, 0.1) is 18.8 Å². The number of ether oxygens (including phenoxy) is 2. The Morgan fingerprint density at radius 1 is 1.26 bits per heavy atom. The molecule has 3 N–H and O–H groups in total. The summed E-state index contributed by atoms with van der Waals surface area (Å²) in [6.07, 6.45) is 3.89. The number of carbonyl (C=O) groups is 1. The lowest BCUT2D eigenvalue weighted by Gasteiger charge is -2.16. The minimum atomic E-state index is -0.196. The molecule has 130 valence electrons. The predicted molar refractivity (Wildman–Crippen MR) is 94.2 cm³/mol. The molecule has 1 rings (SSSR count). The molecule has 5 heteroatoms. The van der Waals surface area contributed by atoms with E-state index in [0.717, 1.165) is 45.4 Å². The van der Waals surface area contributed by atoms with E-state index in [1.165, 1.54) is 0 Å². The van der Waals surface area contributed by atoms with Crippen LogP contribution in [0.15, 0.2) is 18.2 Å². The molecule has 0 aliphatic rings. The minimum absolute atomic E-state index is 0.0637. The quantitative estimate of drug-likeness (QED) is 0.351. The summed E-state index contributed by atoms with van der Waals surface area (Å²) in [7, 11) is 1.56. The average molecular weight is 322 g/mol. The number of nitrogens with two attached hydrogens (primary N) is 1. The fraction of sp³-hybridized carbons (Fsp3) is 0.611. The molecule has 1 aromatic carbocycles. The number of hydrogen-bond acceptors (Lipinski definition) is 5. The van der Waals surface area contributed by atoms with Gasteiger partial charge in [0.2, 0.25) is 0 Å². The van der Waals surface area contributed by atoms with Gasteiger partial charge in [-0.05, 0) is 44.0 Å². The van der Waals surface area contributed by atoms with E-state index in [1.54, 1.807) is 25.3 Å². The molecule has 0 aliphatic heterocycles. The van der Waals surface area contributed by atoms with E-state index in [0.29, 0.717) is 17.0 Å². The number of carbonyl (C=O) groups excluding carboxylic acids is 1. The van der Waals surface area contributed by atoms with Gasteiger partial charge in [-0.2, -0.15) is 0 Å². The van der Waals surface area contributed by atoms with E-state index in [-0.39, 0.29) is 11.8 Å². The van der Waals surface area contributed by atoms with Gasteiger partial charge in [-0.3, -0.25) is 4.79 Å². The average Bonchev–Trinajstić information content (AvgIpc) is 2.57. The summed E-state index contributed by atoms with van der Waals surface area (Å²) in [4.78, 5) is 12.5. The summed E-state index contributed by atoms with van der Waals surface area (Å²) in [6, 6.07) is 4.98. The number of hydrogen-bond donors (Lipinski definition) is 2. The van der Waals surface area contributed by atoms with Crippen molar-refractivity contribution in [3.8, 4) is 5.75 Å². The number of ketones is 1. The Bertz CT molecular complexity index is 477. The molecule has 0 heterocycles. The van der Waals surface area contributed by atoms with Gasteiger partial charge in [0.15, 0.2) is 5.78 Å². The SMILES string of the molecule is CCCCOCCCNC(CC)C(=O)c1ccc(OC)c(N)c1. The molecule has 0 aliphatic carbocycles. The zero-order chi connectivity index (χ0) is 17.1. The van der Waals surface area contributed by atoms with Crippen molar-refractivity contribution >= 4 is 11.5 Å². The molecule has 0 radical (unpaired) electrons. The van der Waals surface area contributed by atoms with Crippen LogP contribution in [0.25, 0.3) is 0 Å². The van der Waals surface area contributed by atoms with Crippen molar-refractivity contribution in [3.63, 3.8) is 0 Å². The molecule has 1 aromatic rings. The van der Waals surface area contributed by atoms with Crippen molar-refractivity contribution in [2.24, 2.45) is 0 Å². The lowest BCUT2D eigenvalue weighted by atomic mass is 10.0. The Morgan fingerprint density at radius 2 is 2.00 bits per heavy atom. The van der Waals surface area contributed by atoms with Crippen molar-refractivity contribution < 1.29 is 14.3 Å². The van der Waals surface area contributed by atoms with Crippen LogP contribution >= 0.6 is 0 Å². The first kappa shape index (κ1) is 19.5. The van der Waals surface area contributed by atoms with E-state index in [9.17, 15) is 4.79 Å². The van der Waals surface area contributed by atoms with Crippen molar-refractivity contribution in [2.75, 3.05) is 32.6 Å². The second-order valence-electron chi connectivity index (χ2n) is 5.56. The van der Waals surface area contributed by atoms with Crippen LogP contribution in [0, 0.1) is 0 Å². The highest BCUT2D eigenvalue weighted by atomic mass is 16.5. The van der Waals surface area contributed by atoms with Crippen LogP contribution in [-0.2, 0) is 4.74 Å². The van der Waals surface area contributed by atoms with Crippen molar-refractivity contribution in [2.45, 2.75) is 45.6 Å². The maximum absolute atomic E-state index is 12.5. The predicted octanol–water partition coefficient (Wildman–Crippen LogP) is 3.04. The Labute approximate surface area is 139 Å². The summed E-state index contributed by atoms with van der Waals surface area (Å²) in [6.45, 7) is 6.46. The molecule has 0 fully saturated rings. The van der Waals surface area contributed by atoms with Gasteiger partial charge in [0.25, 0.3) is 0 Å². The second kappa shape index (κ2) is 11.0. The second-order valence-corrected chi connectivity index (χ2v) is 5.56. The Morgan fingerprint density at radius 3 is 2.61 bits per heavy atom. The molecule has 0 bridgehead atoms. The minimum Gasteiger partial charge on any atom is -0.495 e. The summed E-state index contributed by atoms with van der Waals surface area (Å²) in [5.74, 6) is 0.653. The summed E-state index contributed by atoms with van der Waals surface area (Å²) in [5, 5.41) is 3.31. The molecular formula is C18H30N2O3. The number of nitrogen functional groups attached to an aromatic ring is 1. The molecule has 5 nitrogen and oxygen atoms in total. The third-order valence-electron chi connectivity index (χ3n) is 3.74. The monoisotopic (exact) mass is 322 g/mol. The van der Waals surface area contributed by atoms with Crippen molar-refractivity contribution in [3.05, 3.63) is 23.8 Å². The summed E-state index contributed by atoms with van der Waals surface area (Å²) in [5.41, 5.74) is 6.97. The normalized spacial score (nSPS) is 12.1. The van der Waals surface area contributed by atoms with Crippen LogP contribution in [0.1, 0.15) is 49.9 Å². The summed E-state index contributed by atoms with van der Waals surface area (Å²) >= 11 is 0. The largest absolute Gasteiger partial charge is 0.495 e. The van der Waals surface area contributed by atoms with E-state index in [4.69, 9.17) is 15.2 Å². The molecular weight excluding hydrogens is 292 g/mol. The number of anilines is 1. The highest BCUT2D eigenvalue weighted by Crippen LogP contribution is 2.22. The first-order chi connectivity index (χ1) is 11.1. The van der Waals surface area contributed by atoms with E-state index in [1.807, 2.05) is 6.92 Å². The van der Waals surface area contributed by atoms with Gasteiger partial charge in [-0.15, -0.1) is 0 Å². The van der Waals surface area contributed by atoms with Crippen LogP contribution in [-0.4, -0.2) is 38.7 Å². The molecule has 0 amide bonds. The topological polar surface area (TPSA) is 73.6 Å². The molecule has 1 atom stereocenters. The lowest BCUT2D eigenvalue weighted by molar-refractivity contribution is 0.0933. The van der Waals surface area contributed by atoms with E-state index >= 15 is 0 Å². The van der Waals surface area contributed by atoms with Crippen LogP contribution < -0.4 is 15.8 Å². The van der Waals surface area contributed by atoms with Crippen molar-refractivity contribution in [1.29, 1.82) is 0 Å². The number of nitrogens with one attached hydrogen (secondary N) is 1. The summed E-state index contributed by atoms with van der Waals surface area (Å²) < 4.78 is 10.6. The highest BCUT2D eigenvalue weighted by Gasteiger charge is 2.18. The number of rotatable bonds is 12. The van der Waals surface area contributed by atoms with Crippen LogP contribution in [0.3, 0.4) is 0 Å². The molecule has 0 spiro atoms. The lowest BCUT2D eigenvalue weighted by Crippen LogP contribution is -2.37. The number of methoxy groups -OCH3 is 1. The smallest absolute Gasteiger partial charge is 0.179 e. The van der Waals surface area contributed by atoms with Gasteiger partial charge in [-0.25, -0.2) is 0 Å². The number of unbranched alkanes of at least 4 members (excludes halogenated alkanes) is 1. The molecule has 0 saturated heterocycles. The standard InChI is InChI=1S/C18H30N2O3/c1-4-6-11-23-12-7-10-20-16(5-2)18(21)14-8-9-17(22-3)15(19)13-14/h8-9,13,16,20H,4-7,10-12,19H2,1-3H3. The van der Waals surface area contributed by atoms with Crippen LogP contribution in [0.5, 0.6) is 5.75 Å². The molecule has 0 saturated carbocycles. The van der Waals surface area contributed by atoms with E-state index in [2.05, 4.69) is 12.2 Å². The van der Waals surface area contributed by atoms with E-state index < -0.39 is 0 Å². The van der Waals surface area contributed by atoms with Gasteiger partial charge in [0.1, 0.15) is 5.75 Å². The van der Waals surface area contributed by atoms with Crippen LogP contribution in [0.4, 0.5) is 5.69 Å².